The Morgan fingerprint density at radius 1 is 0.578 bits per heavy atom. The summed E-state index contributed by atoms with van der Waals surface area (Å²) in [5, 5.41) is 10.9. The maximum atomic E-state index is 14.8. The first-order valence-electron chi connectivity index (χ1n) is 29.8. The van der Waals surface area contributed by atoms with Gasteiger partial charge in [0.15, 0.2) is 0 Å². The normalized spacial score (nSPS) is 23.2. The Labute approximate surface area is 479 Å². The molecule has 6 aromatic rings. The zero-order chi connectivity index (χ0) is 58.0. The first-order chi connectivity index (χ1) is 40.1. The Morgan fingerprint density at radius 2 is 1.02 bits per heavy atom. The van der Waals surface area contributed by atoms with E-state index in [-0.39, 0.29) is 71.4 Å². The van der Waals surface area contributed by atoms with Crippen LogP contribution in [0.5, 0.6) is 0 Å². The number of hydrogen-bond acceptors (Lipinski definition) is 13. The van der Waals surface area contributed by atoms with Crippen LogP contribution in [0.2, 0.25) is 0 Å². The van der Waals surface area contributed by atoms with Gasteiger partial charge >= 0.3 is 17.9 Å². The summed E-state index contributed by atoms with van der Waals surface area (Å²) in [5.41, 5.74) is 24.4. The Bertz CT molecular complexity index is 3890. The Hall–Kier alpha value is -7.67. The summed E-state index contributed by atoms with van der Waals surface area (Å²) >= 11 is 0. The summed E-state index contributed by atoms with van der Waals surface area (Å²) in [6, 6.07) is 12.6. The van der Waals surface area contributed by atoms with Gasteiger partial charge in [-0.2, -0.15) is 0 Å². The summed E-state index contributed by atoms with van der Waals surface area (Å²) in [5.74, 6) is -2.18. The van der Waals surface area contributed by atoms with Gasteiger partial charge in [-0.15, -0.1) is 0 Å². The van der Waals surface area contributed by atoms with Crippen LogP contribution in [0.4, 0.5) is 15.8 Å². The topological polar surface area (TPSA) is 240 Å². The van der Waals surface area contributed by atoms with Gasteiger partial charge in [0, 0.05) is 124 Å². The molecule has 83 heavy (non-hydrogen) atoms. The van der Waals surface area contributed by atoms with E-state index in [2.05, 4.69) is 38.7 Å². The highest BCUT2D eigenvalue weighted by Gasteiger charge is 2.37. The lowest BCUT2D eigenvalue weighted by molar-refractivity contribution is 0.0514. The van der Waals surface area contributed by atoms with Crippen LogP contribution in [-0.4, -0.2) is 93.2 Å². The van der Waals surface area contributed by atoms with Gasteiger partial charge in [-0.3, -0.25) is 14.4 Å². The number of ether oxygens (including phenoxy) is 2. The highest BCUT2D eigenvalue weighted by molar-refractivity contribution is 6.01. The molecule has 2 saturated heterocycles. The third kappa shape index (κ3) is 10.8. The molecule has 4 saturated carbocycles. The van der Waals surface area contributed by atoms with E-state index in [0.717, 1.165) is 137 Å². The molecule has 4 aliphatic carbocycles. The molecule has 7 heterocycles. The number of nitrogens with two attached hydrogens (primary N) is 3. The third-order valence-electron chi connectivity index (χ3n) is 17.9. The van der Waals surface area contributed by atoms with E-state index in [4.69, 9.17) is 26.7 Å². The van der Waals surface area contributed by atoms with Gasteiger partial charge in [0.05, 0.1) is 29.8 Å². The highest BCUT2D eigenvalue weighted by atomic mass is 19.1. The maximum absolute atomic E-state index is 14.8. The first-order valence-corrected chi connectivity index (χ1v) is 29.8. The van der Waals surface area contributed by atoms with Gasteiger partial charge in [0.1, 0.15) is 22.5 Å². The minimum atomic E-state index is -1.16. The molecule has 3 aromatic carbocycles. The SMILES string of the molecule is CCOC(=O)c1cn(C2CC2)c2c(/C=C\C[C@H]3CC[C@@H](N)C3)c(F)ccc2c1=O.CCOC(=O)c1cn(C2CC2)c2c3c(ccc2c1=O)N1C[C@@H](N)C[C@H]1CC=C3.N[C@H]1C[C@H]2CC=Cc3c(ccc4c(=O)c(C(=O)O)cn(C5CC5)c34)N2C1. The molecular formula is C65H73FN8O9. The molecule has 18 heteroatoms. The number of benzene rings is 3. The van der Waals surface area contributed by atoms with E-state index >= 15 is 0 Å². The number of hydrogen-bond donors (Lipinski definition) is 4. The van der Waals surface area contributed by atoms with Crippen molar-refractivity contribution in [3.8, 4) is 0 Å². The third-order valence-corrected chi connectivity index (χ3v) is 17.9. The van der Waals surface area contributed by atoms with Crippen LogP contribution in [0.1, 0.15) is 170 Å². The average Bonchev–Trinajstić information content (AvgIpc) is 4.13. The molecule has 17 nitrogen and oxygen atoms in total. The number of carboxylic acids is 1. The highest BCUT2D eigenvalue weighted by Crippen LogP contribution is 2.45. The molecule has 4 aliphatic heterocycles. The number of allylic oxidation sites excluding steroid dienone is 1. The molecule has 6 atom stereocenters. The fourth-order valence-corrected chi connectivity index (χ4v) is 13.5. The number of aromatic carboxylic acids is 1. The Balaban J connectivity index is 0.000000123. The van der Waals surface area contributed by atoms with E-state index in [9.17, 15) is 38.3 Å². The molecule has 0 amide bonds. The van der Waals surface area contributed by atoms with Gasteiger partial charge in [-0.25, -0.2) is 18.8 Å². The molecule has 8 aliphatic rings. The number of carbonyl (C=O) groups excluding carboxylic acids is 2. The van der Waals surface area contributed by atoms with Gasteiger partial charge < -0.3 is 55.3 Å². The summed E-state index contributed by atoms with van der Waals surface area (Å²) in [6.07, 6.45) is 31.0. The Morgan fingerprint density at radius 3 is 1.47 bits per heavy atom. The van der Waals surface area contributed by atoms with Gasteiger partial charge in [0.2, 0.25) is 16.3 Å². The fraction of sp³-hybridized carbons (Fsp3) is 0.446. The number of halogens is 1. The van der Waals surface area contributed by atoms with Crippen molar-refractivity contribution in [2.75, 3.05) is 36.1 Å². The van der Waals surface area contributed by atoms with E-state index in [1.807, 2.05) is 33.4 Å². The van der Waals surface area contributed by atoms with Gasteiger partial charge in [-0.1, -0.05) is 36.5 Å². The summed E-state index contributed by atoms with van der Waals surface area (Å²) < 4.78 is 31.0. The van der Waals surface area contributed by atoms with E-state index in [1.54, 1.807) is 38.4 Å². The predicted octanol–water partition coefficient (Wildman–Crippen LogP) is 9.38. The largest absolute Gasteiger partial charge is 0.477 e. The molecule has 7 N–H and O–H groups in total. The van der Waals surface area contributed by atoms with Crippen molar-refractivity contribution in [1.82, 2.24) is 13.7 Å². The second-order valence-electron chi connectivity index (χ2n) is 23.9. The molecule has 14 rings (SSSR count). The van der Waals surface area contributed by atoms with Crippen molar-refractivity contribution in [2.45, 2.75) is 152 Å². The number of rotatable bonds is 11. The molecule has 0 spiro atoms. The number of anilines is 2. The minimum absolute atomic E-state index is 0.00716. The molecule has 3 aromatic heterocycles. The van der Waals surface area contributed by atoms with Crippen LogP contribution in [0, 0.1) is 11.7 Å². The smallest absolute Gasteiger partial charge is 0.343 e. The van der Waals surface area contributed by atoms with Crippen LogP contribution in [-0.2, 0) is 9.47 Å². The van der Waals surface area contributed by atoms with Crippen molar-refractivity contribution >= 4 is 80.2 Å². The second-order valence-corrected chi connectivity index (χ2v) is 23.9. The first kappa shape index (κ1) is 55.8. The van der Waals surface area contributed by atoms with Crippen molar-refractivity contribution in [2.24, 2.45) is 23.1 Å². The molecule has 0 bridgehead atoms. The van der Waals surface area contributed by atoms with Crippen molar-refractivity contribution in [3.05, 3.63) is 143 Å². The minimum Gasteiger partial charge on any atom is -0.477 e. The van der Waals surface area contributed by atoms with Crippen LogP contribution in [0.3, 0.4) is 0 Å². The number of carbonyl (C=O) groups is 3. The molecule has 434 valence electrons. The van der Waals surface area contributed by atoms with Crippen molar-refractivity contribution in [1.29, 1.82) is 0 Å². The number of aromatic nitrogens is 3. The predicted molar refractivity (Wildman–Crippen MR) is 322 cm³/mol. The number of nitrogens with zero attached hydrogens (tertiary/aromatic N) is 5. The van der Waals surface area contributed by atoms with Crippen molar-refractivity contribution < 1.29 is 33.4 Å². The quantitative estimate of drug-likeness (QED) is 0.0884. The lowest BCUT2D eigenvalue weighted by Gasteiger charge is -2.27. The van der Waals surface area contributed by atoms with Crippen LogP contribution >= 0.6 is 0 Å². The number of fused-ring (bicyclic) bond motifs is 11. The fourth-order valence-electron chi connectivity index (χ4n) is 13.5. The zero-order valence-corrected chi connectivity index (χ0v) is 47.1. The summed E-state index contributed by atoms with van der Waals surface area (Å²) in [7, 11) is 0. The van der Waals surface area contributed by atoms with E-state index in [1.165, 1.54) is 18.3 Å². The van der Waals surface area contributed by atoms with Crippen molar-refractivity contribution in [3.63, 3.8) is 0 Å². The standard InChI is InChI=1S/C23H27FN2O3.C22H25N3O3.C20H21N3O3/c1-2-29-23(28)19-13-26(16-8-9-16)21-17(20(24)11-10-18(21)22(19)27)5-3-4-14-6-7-15(25)12-14;1-2-28-22(27)18-12-25(14-6-7-14)20-16-5-3-4-15-10-13(23)11-24(15)19(16)9-8-17(20)21(18)26;21-11-8-13-2-1-3-14-17(22(13)9-11)7-6-15-18(14)23(12-4-5-12)10-16(19(15)24)20(25)26/h3,5,10-11,13-16H,2,4,6-9,12,25H2,1H3;3,5,8-9,12-15H,2,4,6-7,10-11,23H2,1H3;1,3,6-7,10-13H,2,4-5,8-9,21H2,(H,25,26)/b5-3-;;/t14-,15+;13-,15+;11-,13+/m000/s1. The lowest BCUT2D eigenvalue weighted by atomic mass is 10.0. The summed E-state index contributed by atoms with van der Waals surface area (Å²) in [4.78, 5) is 79.7. The molecule has 0 unspecified atom stereocenters. The van der Waals surface area contributed by atoms with Crippen LogP contribution in [0.25, 0.3) is 50.9 Å². The second kappa shape index (κ2) is 22.8. The molecular weight excluding hydrogens is 1060 g/mol. The molecule has 6 fully saturated rings. The molecule has 0 radical (unpaired) electrons. The van der Waals surface area contributed by atoms with Gasteiger partial charge in [0.25, 0.3) is 0 Å². The number of carboxylic acid groups (broad SMARTS) is 1. The lowest BCUT2D eigenvalue weighted by Crippen LogP contribution is -2.30. The monoisotopic (exact) mass is 1130 g/mol. The summed E-state index contributed by atoms with van der Waals surface area (Å²) in [6.45, 7) is 5.55. The number of pyridine rings is 3. The van der Waals surface area contributed by atoms with E-state index < -0.39 is 28.8 Å². The average molecular weight is 1130 g/mol. The number of esters is 2. The maximum Gasteiger partial charge on any atom is 0.343 e. The Kier molecular flexibility index (Phi) is 15.4. The van der Waals surface area contributed by atoms with E-state index in [0.29, 0.717) is 51.3 Å². The van der Waals surface area contributed by atoms with Crippen LogP contribution < -0.4 is 43.3 Å². The van der Waals surface area contributed by atoms with Crippen LogP contribution in [0.15, 0.2) is 87.6 Å². The van der Waals surface area contributed by atoms with Gasteiger partial charge in [-0.05, 0) is 146 Å². The zero-order valence-electron chi connectivity index (χ0n) is 47.1.